The van der Waals surface area contributed by atoms with Crippen molar-refractivity contribution in [1.82, 2.24) is 0 Å². The van der Waals surface area contributed by atoms with Crippen LogP contribution in [0.4, 0.5) is 0 Å². The van der Waals surface area contributed by atoms with Crippen molar-refractivity contribution in [3.63, 3.8) is 0 Å². The Kier molecular flexibility index (Phi) is 9.71. The Labute approximate surface area is 213 Å². The lowest BCUT2D eigenvalue weighted by molar-refractivity contribution is -0.171. The molecule has 3 aliphatic rings. The molecule has 0 aromatic rings. The molecule has 1 spiro atoms. The van der Waals surface area contributed by atoms with Gasteiger partial charge in [-0.1, -0.05) is 20.3 Å². The number of thioether (sulfide) groups is 2. The van der Waals surface area contributed by atoms with Gasteiger partial charge in [-0.25, -0.2) is 0 Å². The van der Waals surface area contributed by atoms with Crippen molar-refractivity contribution in [2.24, 2.45) is 29.1 Å². The van der Waals surface area contributed by atoms with E-state index in [4.69, 9.17) is 9.84 Å². The van der Waals surface area contributed by atoms with Crippen LogP contribution in [0.25, 0.3) is 0 Å². The van der Waals surface area contributed by atoms with Gasteiger partial charge in [-0.3, -0.25) is 9.59 Å². The molecule has 3 N–H and O–H groups in total. The van der Waals surface area contributed by atoms with Gasteiger partial charge in [0.1, 0.15) is 6.10 Å². The molecule has 3 rings (SSSR count). The van der Waals surface area contributed by atoms with Gasteiger partial charge in [-0.15, -0.1) is 23.5 Å². The average Bonchev–Trinajstić information content (AvgIpc) is 3.19. The van der Waals surface area contributed by atoms with Gasteiger partial charge in [0.05, 0.1) is 28.1 Å². The van der Waals surface area contributed by atoms with Gasteiger partial charge in [-0.05, 0) is 70.1 Å². The predicted molar refractivity (Wildman–Crippen MR) is 138 cm³/mol. The van der Waals surface area contributed by atoms with Crippen LogP contribution in [0.3, 0.4) is 0 Å². The third kappa shape index (κ3) is 6.86. The van der Waals surface area contributed by atoms with Crippen LogP contribution in [0.1, 0.15) is 85.5 Å². The van der Waals surface area contributed by atoms with Gasteiger partial charge < -0.3 is 20.1 Å². The van der Waals surface area contributed by atoms with Gasteiger partial charge in [0.25, 0.3) is 0 Å². The van der Waals surface area contributed by atoms with Crippen molar-refractivity contribution in [1.29, 1.82) is 0 Å². The van der Waals surface area contributed by atoms with E-state index < -0.39 is 23.6 Å². The lowest BCUT2D eigenvalue weighted by Gasteiger charge is -2.53. The van der Waals surface area contributed by atoms with E-state index in [2.05, 4.69) is 30.4 Å². The topological polar surface area (TPSA) is 104 Å². The van der Waals surface area contributed by atoms with E-state index >= 15 is 0 Å². The zero-order chi connectivity index (χ0) is 25.1. The minimum Gasteiger partial charge on any atom is -0.481 e. The van der Waals surface area contributed by atoms with E-state index in [-0.39, 0.29) is 29.0 Å². The Morgan fingerprint density at radius 3 is 2.41 bits per heavy atom. The van der Waals surface area contributed by atoms with Gasteiger partial charge in [0, 0.05) is 23.8 Å². The molecule has 7 atom stereocenters. The second-order valence-corrected chi connectivity index (χ2v) is 14.7. The Balaban J connectivity index is 1.74. The van der Waals surface area contributed by atoms with Gasteiger partial charge in [-0.2, -0.15) is 0 Å². The Bertz CT molecular complexity index is 707. The number of carboxylic acids is 1. The molecule has 0 bridgehead atoms. The molecule has 0 unspecified atom stereocenters. The molecule has 0 radical (unpaired) electrons. The summed E-state index contributed by atoms with van der Waals surface area (Å²) in [6, 6.07) is 0. The molecule has 0 amide bonds. The molecule has 0 aromatic heterocycles. The summed E-state index contributed by atoms with van der Waals surface area (Å²) in [7, 11) is 0. The van der Waals surface area contributed by atoms with Crippen molar-refractivity contribution >= 4 is 35.5 Å². The SMILES string of the molecule is CCC(C)(C)C(=O)O[C@@H]1CC2(C[C@H]3CC[C@@H](C)[C@@H](CC[C@@H](O)C[C@H](O)CC(=O)O)[C@@H]31)SCCS2. The van der Waals surface area contributed by atoms with Crippen molar-refractivity contribution < 1.29 is 29.6 Å². The number of esters is 1. The Morgan fingerprint density at radius 2 is 1.79 bits per heavy atom. The summed E-state index contributed by atoms with van der Waals surface area (Å²) in [6.45, 7) is 8.24. The molecule has 1 aliphatic heterocycles. The van der Waals surface area contributed by atoms with Crippen molar-refractivity contribution in [3.05, 3.63) is 0 Å². The van der Waals surface area contributed by atoms with Crippen molar-refractivity contribution in [2.45, 2.75) is 108 Å². The first-order chi connectivity index (χ1) is 16.0. The highest BCUT2D eigenvalue weighted by Gasteiger charge is 2.54. The molecule has 3 fully saturated rings. The van der Waals surface area contributed by atoms with E-state index in [9.17, 15) is 19.8 Å². The number of fused-ring (bicyclic) bond motifs is 1. The fourth-order valence-electron chi connectivity index (χ4n) is 6.23. The minimum atomic E-state index is -1.05. The molecule has 1 heterocycles. The third-order valence-electron chi connectivity index (χ3n) is 8.57. The normalized spacial score (nSPS) is 32.7. The maximum atomic E-state index is 13.2. The van der Waals surface area contributed by atoms with Crippen LogP contribution in [0.5, 0.6) is 0 Å². The van der Waals surface area contributed by atoms with Crippen LogP contribution in [0.2, 0.25) is 0 Å². The molecule has 6 nitrogen and oxygen atoms in total. The van der Waals surface area contributed by atoms with Crippen molar-refractivity contribution in [2.75, 3.05) is 11.5 Å². The summed E-state index contributed by atoms with van der Waals surface area (Å²) in [5.41, 5.74) is -0.498. The highest BCUT2D eigenvalue weighted by atomic mass is 32.2. The van der Waals surface area contributed by atoms with E-state index in [0.29, 0.717) is 30.1 Å². The molecule has 1 saturated heterocycles. The number of carboxylic acid groups (broad SMARTS) is 1. The molecule has 2 saturated carbocycles. The zero-order valence-electron chi connectivity index (χ0n) is 21.2. The lowest BCUT2D eigenvalue weighted by atomic mass is 9.59. The molecular formula is C26H44O6S2. The molecular weight excluding hydrogens is 472 g/mol. The molecule has 34 heavy (non-hydrogen) atoms. The number of hydrogen-bond donors (Lipinski definition) is 3. The smallest absolute Gasteiger partial charge is 0.311 e. The second kappa shape index (κ2) is 11.7. The minimum absolute atomic E-state index is 0.0843. The first kappa shape index (κ1) is 28.1. The van der Waals surface area contributed by atoms with Crippen LogP contribution in [0.15, 0.2) is 0 Å². The van der Waals surface area contributed by atoms with Gasteiger partial charge >= 0.3 is 11.9 Å². The number of rotatable bonds is 10. The molecule has 0 aromatic carbocycles. The van der Waals surface area contributed by atoms with Crippen LogP contribution in [-0.2, 0) is 14.3 Å². The van der Waals surface area contributed by atoms with Crippen LogP contribution in [0, 0.1) is 29.1 Å². The number of ether oxygens (including phenoxy) is 1. The predicted octanol–water partition coefficient (Wildman–Crippen LogP) is 4.95. The number of aliphatic hydroxyl groups is 2. The van der Waals surface area contributed by atoms with E-state index in [0.717, 1.165) is 43.6 Å². The van der Waals surface area contributed by atoms with Crippen LogP contribution < -0.4 is 0 Å². The lowest BCUT2D eigenvalue weighted by Crippen LogP contribution is -2.51. The molecule has 2 aliphatic carbocycles. The van der Waals surface area contributed by atoms with E-state index in [1.165, 1.54) is 6.42 Å². The highest BCUT2D eigenvalue weighted by molar-refractivity contribution is 8.21. The summed E-state index contributed by atoms with van der Waals surface area (Å²) < 4.78 is 6.52. The van der Waals surface area contributed by atoms with Gasteiger partial charge in [0.2, 0.25) is 0 Å². The standard InChI is InChI=1S/C26H44O6S2/c1-5-25(3,4)24(31)32-21-15-26(33-10-11-34-26)14-17-7-6-16(2)20(23(17)21)9-8-18(27)12-19(28)13-22(29)30/h16-21,23,27-28H,5-15H2,1-4H3,(H,29,30)/t16-,17-,18-,19+,20-,21-,23-/m1/s1. The molecule has 8 heteroatoms. The molecule has 196 valence electrons. The number of hydrogen-bond acceptors (Lipinski definition) is 7. The number of carbonyl (C=O) groups excluding carboxylic acids is 1. The van der Waals surface area contributed by atoms with Crippen LogP contribution in [-0.4, -0.2) is 61.2 Å². The largest absolute Gasteiger partial charge is 0.481 e. The monoisotopic (exact) mass is 516 g/mol. The second-order valence-electron chi connectivity index (χ2n) is 11.5. The summed E-state index contributed by atoms with van der Waals surface area (Å²) in [4.78, 5) is 24.0. The first-order valence-electron chi connectivity index (χ1n) is 13.0. The van der Waals surface area contributed by atoms with E-state index in [1.807, 2.05) is 20.8 Å². The maximum absolute atomic E-state index is 13.2. The number of aliphatic hydroxyl groups excluding tert-OH is 2. The average molecular weight is 517 g/mol. The van der Waals surface area contributed by atoms with E-state index in [1.54, 1.807) is 0 Å². The summed E-state index contributed by atoms with van der Waals surface area (Å²) >= 11 is 4.11. The fraction of sp³-hybridized carbons (Fsp3) is 0.923. The number of carbonyl (C=O) groups is 2. The van der Waals surface area contributed by atoms with Crippen molar-refractivity contribution in [3.8, 4) is 0 Å². The Morgan fingerprint density at radius 1 is 1.12 bits per heavy atom. The highest BCUT2D eigenvalue weighted by Crippen LogP contribution is 2.60. The fourth-order valence-corrected chi connectivity index (χ4v) is 9.70. The summed E-state index contributed by atoms with van der Waals surface area (Å²) in [5.74, 6) is 2.81. The third-order valence-corrected chi connectivity index (χ3v) is 12.1. The summed E-state index contributed by atoms with van der Waals surface area (Å²) in [6.07, 6.45) is 4.35. The summed E-state index contributed by atoms with van der Waals surface area (Å²) in [5, 5.41) is 29.3. The van der Waals surface area contributed by atoms with Gasteiger partial charge in [0.15, 0.2) is 0 Å². The van der Waals surface area contributed by atoms with Crippen LogP contribution >= 0.6 is 23.5 Å². The first-order valence-corrected chi connectivity index (χ1v) is 15.0. The maximum Gasteiger partial charge on any atom is 0.311 e. The number of aliphatic carboxylic acids is 1. The zero-order valence-corrected chi connectivity index (χ0v) is 22.8. The quantitative estimate of drug-likeness (QED) is 0.351. The Hall–Kier alpha value is -0.440.